The highest BCUT2D eigenvalue weighted by Crippen LogP contribution is 2.31. The SMILES string of the molecule is COc1ccc(F)cc1-c1cnc2ccc(NCCN(C(=O)OC(C)C)C(C)C)nn12. The zero-order valence-corrected chi connectivity index (χ0v) is 18.4. The largest absolute Gasteiger partial charge is 0.496 e. The van der Waals surface area contributed by atoms with Gasteiger partial charge in [0.05, 0.1) is 25.1 Å². The first-order chi connectivity index (χ1) is 14.8. The molecule has 0 atom stereocenters. The van der Waals surface area contributed by atoms with Crippen LogP contribution in [0.3, 0.4) is 0 Å². The first kappa shape index (κ1) is 22.3. The molecular formula is C22H28FN5O3. The van der Waals surface area contributed by atoms with Gasteiger partial charge in [-0.25, -0.2) is 18.7 Å². The number of carbonyl (C=O) groups is 1. The second-order valence-electron chi connectivity index (χ2n) is 7.62. The van der Waals surface area contributed by atoms with Crippen LogP contribution in [0.5, 0.6) is 5.75 Å². The van der Waals surface area contributed by atoms with E-state index in [1.54, 1.807) is 27.7 Å². The van der Waals surface area contributed by atoms with Gasteiger partial charge in [-0.2, -0.15) is 0 Å². The maximum Gasteiger partial charge on any atom is 0.410 e. The molecule has 9 heteroatoms. The number of imidazole rings is 1. The second kappa shape index (κ2) is 9.63. The quantitative estimate of drug-likeness (QED) is 0.578. The minimum Gasteiger partial charge on any atom is -0.496 e. The molecule has 0 aliphatic rings. The van der Waals surface area contributed by atoms with Crippen LogP contribution in [0, 0.1) is 5.82 Å². The molecule has 0 unspecified atom stereocenters. The Labute approximate surface area is 181 Å². The summed E-state index contributed by atoms with van der Waals surface area (Å²) in [5.41, 5.74) is 1.79. The lowest BCUT2D eigenvalue weighted by atomic mass is 10.1. The summed E-state index contributed by atoms with van der Waals surface area (Å²) in [7, 11) is 1.53. The summed E-state index contributed by atoms with van der Waals surface area (Å²) < 4.78 is 26.2. The van der Waals surface area contributed by atoms with E-state index in [0.29, 0.717) is 41.6 Å². The lowest BCUT2D eigenvalue weighted by Gasteiger charge is -2.27. The number of aromatic nitrogens is 3. The van der Waals surface area contributed by atoms with E-state index in [0.717, 1.165) is 0 Å². The van der Waals surface area contributed by atoms with Gasteiger partial charge >= 0.3 is 6.09 Å². The van der Waals surface area contributed by atoms with Gasteiger partial charge in [-0.1, -0.05) is 0 Å². The summed E-state index contributed by atoms with van der Waals surface area (Å²) in [5, 5.41) is 7.81. The van der Waals surface area contributed by atoms with E-state index in [1.165, 1.54) is 19.2 Å². The van der Waals surface area contributed by atoms with Crippen molar-refractivity contribution in [3.05, 3.63) is 42.3 Å². The zero-order chi connectivity index (χ0) is 22.5. The molecule has 3 aromatic rings. The normalized spacial score (nSPS) is 11.2. The van der Waals surface area contributed by atoms with E-state index in [9.17, 15) is 9.18 Å². The second-order valence-corrected chi connectivity index (χ2v) is 7.62. The number of nitrogens with zero attached hydrogens (tertiary/aromatic N) is 4. The van der Waals surface area contributed by atoms with Gasteiger partial charge in [-0.05, 0) is 58.0 Å². The van der Waals surface area contributed by atoms with Crippen molar-refractivity contribution in [2.24, 2.45) is 0 Å². The zero-order valence-electron chi connectivity index (χ0n) is 18.4. The van der Waals surface area contributed by atoms with E-state index in [4.69, 9.17) is 9.47 Å². The van der Waals surface area contributed by atoms with E-state index < -0.39 is 0 Å². The number of ether oxygens (including phenoxy) is 2. The van der Waals surface area contributed by atoms with Crippen LogP contribution in [0.4, 0.5) is 15.0 Å². The number of benzene rings is 1. The standard InChI is InChI=1S/C22H28FN5O3/c1-14(2)27(22(29)31-15(3)4)11-10-24-20-8-9-21-25-13-18(28(21)26-20)17-12-16(23)6-7-19(17)30-5/h6-9,12-15H,10-11H2,1-5H3,(H,24,26). The molecular weight excluding hydrogens is 401 g/mol. The Morgan fingerprint density at radius 2 is 2.00 bits per heavy atom. The number of hydrogen-bond acceptors (Lipinski definition) is 6. The third kappa shape index (κ3) is 5.22. The molecule has 1 amide bonds. The molecule has 2 heterocycles. The third-order valence-electron chi connectivity index (χ3n) is 4.65. The Hall–Kier alpha value is -3.36. The van der Waals surface area contributed by atoms with E-state index in [1.807, 2.05) is 33.8 Å². The van der Waals surface area contributed by atoms with Crippen LogP contribution in [-0.2, 0) is 4.74 Å². The number of hydrogen-bond donors (Lipinski definition) is 1. The molecule has 0 saturated carbocycles. The molecule has 0 radical (unpaired) electrons. The van der Waals surface area contributed by atoms with Gasteiger partial charge < -0.3 is 19.7 Å². The fourth-order valence-corrected chi connectivity index (χ4v) is 3.17. The van der Waals surface area contributed by atoms with Crippen molar-refractivity contribution in [2.45, 2.75) is 39.8 Å². The smallest absolute Gasteiger partial charge is 0.410 e. The highest BCUT2D eigenvalue weighted by molar-refractivity contribution is 5.70. The lowest BCUT2D eigenvalue weighted by molar-refractivity contribution is 0.0693. The molecule has 8 nitrogen and oxygen atoms in total. The Morgan fingerprint density at radius 1 is 1.23 bits per heavy atom. The third-order valence-corrected chi connectivity index (χ3v) is 4.65. The Balaban J connectivity index is 1.78. The number of rotatable bonds is 8. The van der Waals surface area contributed by atoms with Crippen molar-refractivity contribution in [1.82, 2.24) is 19.5 Å². The summed E-state index contributed by atoms with van der Waals surface area (Å²) in [4.78, 5) is 18.3. The summed E-state index contributed by atoms with van der Waals surface area (Å²) >= 11 is 0. The van der Waals surface area contributed by atoms with Gasteiger partial charge in [0.1, 0.15) is 17.4 Å². The van der Waals surface area contributed by atoms with Crippen molar-refractivity contribution in [3.63, 3.8) is 0 Å². The van der Waals surface area contributed by atoms with Gasteiger partial charge in [0.2, 0.25) is 0 Å². The average molecular weight is 429 g/mol. The number of halogens is 1. The van der Waals surface area contributed by atoms with Crippen LogP contribution in [0.1, 0.15) is 27.7 Å². The molecule has 1 aromatic carbocycles. The van der Waals surface area contributed by atoms with E-state index >= 15 is 0 Å². The van der Waals surface area contributed by atoms with Gasteiger partial charge in [-0.3, -0.25) is 0 Å². The first-order valence-electron chi connectivity index (χ1n) is 10.2. The Morgan fingerprint density at radius 3 is 2.68 bits per heavy atom. The molecule has 0 spiro atoms. The van der Waals surface area contributed by atoms with Gasteiger partial charge in [-0.15, -0.1) is 5.10 Å². The van der Waals surface area contributed by atoms with Crippen LogP contribution < -0.4 is 10.1 Å². The maximum atomic E-state index is 13.8. The monoisotopic (exact) mass is 429 g/mol. The number of methoxy groups -OCH3 is 1. The molecule has 0 saturated heterocycles. The highest BCUT2D eigenvalue weighted by atomic mass is 19.1. The molecule has 2 aromatic heterocycles. The number of amides is 1. The van der Waals surface area contributed by atoms with Crippen molar-refractivity contribution in [3.8, 4) is 17.0 Å². The number of anilines is 1. The molecule has 0 aliphatic carbocycles. The van der Waals surface area contributed by atoms with Crippen LogP contribution in [0.15, 0.2) is 36.5 Å². The first-order valence-corrected chi connectivity index (χ1v) is 10.2. The van der Waals surface area contributed by atoms with Crippen molar-refractivity contribution < 1.29 is 18.7 Å². The van der Waals surface area contributed by atoms with Gasteiger partial charge in [0.25, 0.3) is 0 Å². The van der Waals surface area contributed by atoms with Crippen LogP contribution in [-0.4, -0.2) is 57.9 Å². The minimum atomic E-state index is -0.373. The molecule has 1 N–H and O–H groups in total. The topological polar surface area (TPSA) is 81.0 Å². The average Bonchev–Trinajstić information content (AvgIpc) is 3.13. The highest BCUT2D eigenvalue weighted by Gasteiger charge is 2.19. The van der Waals surface area contributed by atoms with Gasteiger partial charge in [0, 0.05) is 24.7 Å². The summed E-state index contributed by atoms with van der Waals surface area (Å²) in [5.74, 6) is 0.754. The van der Waals surface area contributed by atoms with Gasteiger partial charge in [0.15, 0.2) is 5.65 Å². The van der Waals surface area contributed by atoms with Crippen LogP contribution in [0.2, 0.25) is 0 Å². The van der Waals surface area contributed by atoms with E-state index in [-0.39, 0.29) is 24.1 Å². The maximum absolute atomic E-state index is 13.8. The predicted molar refractivity (Wildman–Crippen MR) is 117 cm³/mol. The van der Waals surface area contributed by atoms with Crippen LogP contribution >= 0.6 is 0 Å². The number of fused-ring (bicyclic) bond motifs is 1. The Kier molecular flexibility index (Phi) is 6.94. The fraction of sp³-hybridized carbons (Fsp3) is 0.409. The van der Waals surface area contributed by atoms with Crippen molar-refractivity contribution >= 4 is 17.6 Å². The molecule has 166 valence electrons. The summed E-state index contributed by atoms with van der Waals surface area (Å²) in [6, 6.07) is 7.94. The molecule has 0 fully saturated rings. The lowest BCUT2D eigenvalue weighted by Crippen LogP contribution is -2.41. The molecule has 0 bridgehead atoms. The fourth-order valence-electron chi connectivity index (χ4n) is 3.17. The number of nitrogens with one attached hydrogen (secondary N) is 1. The van der Waals surface area contributed by atoms with Crippen molar-refractivity contribution in [1.29, 1.82) is 0 Å². The Bertz CT molecular complexity index is 1050. The summed E-state index contributed by atoms with van der Waals surface area (Å²) in [6.07, 6.45) is 1.11. The van der Waals surface area contributed by atoms with E-state index in [2.05, 4.69) is 15.4 Å². The summed E-state index contributed by atoms with van der Waals surface area (Å²) in [6.45, 7) is 8.47. The van der Waals surface area contributed by atoms with Crippen LogP contribution in [0.25, 0.3) is 16.9 Å². The number of carbonyl (C=O) groups excluding carboxylic acids is 1. The molecule has 31 heavy (non-hydrogen) atoms. The molecule has 3 rings (SSSR count). The minimum absolute atomic E-state index is 0.00387. The van der Waals surface area contributed by atoms with Crippen molar-refractivity contribution in [2.75, 3.05) is 25.5 Å². The molecule has 0 aliphatic heterocycles. The predicted octanol–water partition coefficient (Wildman–Crippen LogP) is 4.21.